The van der Waals surface area contributed by atoms with Gasteiger partial charge < -0.3 is 19.2 Å². The lowest BCUT2D eigenvalue weighted by molar-refractivity contribution is -0.140. The van der Waals surface area contributed by atoms with E-state index in [0.717, 1.165) is 11.6 Å². The topological polar surface area (TPSA) is 80.0 Å². The van der Waals surface area contributed by atoms with Crippen molar-refractivity contribution in [2.24, 2.45) is 0 Å². The average Bonchev–Trinajstić information content (AvgIpc) is 3.35. The van der Waals surface area contributed by atoms with Crippen LogP contribution in [-0.4, -0.2) is 28.8 Å². The highest BCUT2D eigenvalue weighted by atomic mass is 19.1. The predicted octanol–water partition coefficient (Wildman–Crippen LogP) is 4.36. The van der Waals surface area contributed by atoms with E-state index in [2.05, 4.69) is 0 Å². The lowest BCUT2D eigenvalue weighted by Crippen LogP contribution is -2.29. The number of Topliss-reactive ketones (excluding diaryl/α,β-unsaturated/α-hetero) is 1. The van der Waals surface area contributed by atoms with Gasteiger partial charge in [0, 0.05) is 0 Å². The summed E-state index contributed by atoms with van der Waals surface area (Å²) in [7, 11) is 1.37. The number of nitrogens with zero attached hydrogens (tertiary/aromatic N) is 1. The van der Waals surface area contributed by atoms with Gasteiger partial charge >= 0.3 is 0 Å². The second kappa shape index (κ2) is 8.10. The number of hydrogen-bond acceptors (Lipinski definition) is 5. The molecular formula is C24H20FNO5. The number of aliphatic hydroxyl groups excluding tert-OH is 1. The first kappa shape index (κ1) is 20.4. The first-order chi connectivity index (χ1) is 14.9. The molecule has 1 aliphatic rings. The molecule has 1 N–H and O–H groups in total. The van der Waals surface area contributed by atoms with E-state index in [9.17, 15) is 19.1 Å². The third-order valence-corrected chi connectivity index (χ3v) is 5.22. The van der Waals surface area contributed by atoms with E-state index < -0.39 is 29.3 Å². The van der Waals surface area contributed by atoms with Gasteiger partial charge in [-0.25, -0.2) is 4.39 Å². The number of benzene rings is 2. The Morgan fingerprint density at radius 2 is 1.97 bits per heavy atom. The Labute approximate surface area is 178 Å². The Balaban J connectivity index is 1.92. The second-order valence-corrected chi connectivity index (χ2v) is 7.27. The Kier molecular flexibility index (Phi) is 5.33. The van der Waals surface area contributed by atoms with Crippen LogP contribution in [0.1, 0.15) is 28.5 Å². The van der Waals surface area contributed by atoms with Gasteiger partial charge in [0.15, 0.2) is 0 Å². The van der Waals surface area contributed by atoms with Crippen LogP contribution < -0.4 is 4.74 Å². The van der Waals surface area contributed by atoms with Crippen LogP contribution in [0.25, 0.3) is 5.76 Å². The molecule has 2 heterocycles. The van der Waals surface area contributed by atoms with Crippen molar-refractivity contribution in [1.82, 2.24) is 4.90 Å². The molecule has 3 aromatic rings. The average molecular weight is 421 g/mol. The zero-order valence-electron chi connectivity index (χ0n) is 17.0. The maximum atomic E-state index is 13.9. The fraction of sp³-hybridized carbons (Fsp3) is 0.167. The first-order valence-corrected chi connectivity index (χ1v) is 9.62. The third kappa shape index (κ3) is 3.70. The molecule has 1 aromatic heterocycles. The smallest absolute Gasteiger partial charge is 0.296 e. The Hall–Kier alpha value is -3.87. The standard InChI is InChI=1S/C24H20FNO5/c1-14-5-3-6-15(11-14)21-20(22(27)18-12-16(25)8-9-19(18)30-2)23(28)24(29)26(21)13-17-7-4-10-31-17/h3-12,21,27H,13H2,1-2H3/b22-20+. The number of rotatable bonds is 5. The third-order valence-electron chi connectivity index (χ3n) is 5.22. The molecule has 1 saturated heterocycles. The number of hydrogen-bond donors (Lipinski definition) is 1. The van der Waals surface area contributed by atoms with E-state index in [4.69, 9.17) is 9.15 Å². The maximum Gasteiger partial charge on any atom is 0.296 e. The summed E-state index contributed by atoms with van der Waals surface area (Å²) in [6.07, 6.45) is 1.48. The number of aryl methyl sites for hydroxylation is 1. The monoisotopic (exact) mass is 421 g/mol. The molecule has 1 atom stereocenters. The van der Waals surface area contributed by atoms with Gasteiger partial charge in [0.2, 0.25) is 0 Å². The summed E-state index contributed by atoms with van der Waals surface area (Å²) in [5.74, 6) is -2.08. The van der Waals surface area contributed by atoms with Gasteiger partial charge in [-0.15, -0.1) is 0 Å². The highest BCUT2D eigenvalue weighted by molar-refractivity contribution is 6.46. The zero-order valence-corrected chi connectivity index (χ0v) is 17.0. The molecule has 2 aromatic carbocycles. The van der Waals surface area contributed by atoms with E-state index >= 15 is 0 Å². The van der Waals surface area contributed by atoms with Crippen molar-refractivity contribution in [2.45, 2.75) is 19.5 Å². The lowest BCUT2D eigenvalue weighted by Gasteiger charge is -2.25. The van der Waals surface area contributed by atoms with Crippen LogP contribution in [0.4, 0.5) is 4.39 Å². The number of amides is 1. The Morgan fingerprint density at radius 1 is 1.16 bits per heavy atom. The van der Waals surface area contributed by atoms with Crippen LogP contribution in [0.15, 0.2) is 70.9 Å². The minimum Gasteiger partial charge on any atom is -0.507 e. The van der Waals surface area contributed by atoms with Gasteiger partial charge in [-0.05, 0) is 42.8 Å². The quantitative estimate of drug-likeness (QED) is 0.376. The van der Waals surface area contributed by atoms with Crippen LogP contribution in [0.2, 0.25) is 0 Å². The molecule has 1 fully saturated rings. The van der Waals surface area contributed by atoms with Crippen LogP contribution in [-0.2, 0) is 16.1 Å². The van der Waals surface area contributed by atoms with E-state index in [1.807, 2.05) is 19.1 Å². The van der Waals surface area contributed by atoms with E-state index in [1.165, 1.54) is 30.4 Å². The number of halogens is 1. The van der Waals surface area contributed by atoms with Gasteiger partial charge in [0.25, 0.3) is 11.7 Å². The summed E-state index contributed by atoms with van der Waals surface area (Å²) in [6.45, 7) is 1.92. The number of likely N-dealkylation sites (tertiary alicyclic amines) is 1. The minimum atomic E-state index is -0.877. The van der Waals surface area contributed by atoms with E-state index in [0.29, 0.717) is 11.3 Å². The highest BCUT2D eigenvalue weighted by Crippen LogP contribution is 2.42. The molecule has 4 rings (SSSR count). The summed E-state index contributed by atoms with van der Waals surface area (Å²) < 4.78 is 24.5. The van der Waals surface area contributed by atoms with Crippen molar-refractivity contribution in [3.63, 3.8) is 0 Å². The molecule has 158 valence electrons. The largest absolute Gasteiger partial charge is 0.507 e. The molecule has 0 spiro atoms. The molecule has 1 aliphatic heterocycles. The number of methoxy groups -OCH3 is 1. The molecule has 1 amide bonds. The highest BCUT2D eigenvalue weighted by Gasteiger charge is 2.46. The van der Waals surface area contributed by atoms with Gasteiger partial charge in [-0.1, -0.05) is 29.8 Å². The zero-order chi connectivity index (χ0) is 22.1. The number of carbonyl (C=O) groups excluding carboxylic acids is 2. The normalized spacial score (nSPS) is 17.9. The van der Waals surface area contributed by atoms with Crippen LogP contribution in [0.5, 0.6) is 5.75 Å². The molecular weight excluding hydrogens is 401 g/mol. The lowest BCUT2D eigenvalue weighted by atomic mass is 9.94. The van der Waals surface area contributed by atoms with Crippen molar-refractivity contribution < 1.29 is 28.2 Å². The van der Waals surface area contributed by atoms with Gasteiger partial charge in [-0.2, -0.15) is 0 Å². The van der Waals surface area contributed by atoms with Crippen LogP contribution in [0.3, 0.4) is 0 Å². The minimum absolute atomic E-state index is 0.00356. The molecule has 0 bridgehead atoms. The van der Waals surface area contributed by atoms with Gasteiger partial charge in [0.05, 0.1) is 37.1 Å². The maximum absolute atomic E-state index is 13.9. The van der Waals surface area contributed by atoms with Crippen molar-refractivity contribution in [3.8, 4) is 5.75 Å². The molecule has 6 nitrogen and oxygen atoms in total. The fourth-order valence-electron chi connectivity index (χ4n) is 3.81. The van der Waals surface area contributed by atoms with Crippen LogP contribution in [0, 0.1) is 12.7 Å². The van der Waals surface area contributed by atoms with Crippen molar-refractivity contribution in [3.05, 3.63) is 94.7 Å². The second-order valence-electron chi connectivity index (χ2n) is 7.27. The Morgan fingerprint density at radius 3 is 2.65 bits per heavy atom. The molecule has 1 unspecified atom stereocenters. The van der Waals surface area contributed by atoms with Gasteiger partial charge in [0.1, 0.15) is 23.1 Å². The number of ketones is 1. The SMILES string of the molecule is COc1ccc(F)cc1/C(O)=C1\C(=O)C(=O)N(Cc2ccco2)C1c1cccc(C)c1. The summed E-state index contributed by atoms with van der Waals surface area (Å²) in [5.41, 5.74) is 1.43. The van der Waals surface area contributed by atoms with Gasteiger partial charge in [-0.3, -0.25) is 9.59 Å². The molecule has 7 heteroatoms. The molecule has 31 heavy (non-hydrogen) atoms. The molecule has 0 aliphatic carbocycles. The summed E-state index contributed by atoms with van der Waals surface area (Å²) in [4.78, 5) is 27.3. The van der Waals surface area contributed by atoms with Crippen molar-refractivity contribution >= 4 is 17.4 Å². The molecule has 0 radical (unpaired) electrons. The first-order valence-electron chi connectivity index (χ1n) is 9.62. The number of furan rings is 1. The summed E-state index contributed by atoms with van der Waals surface area (Å²) in [5, 5.41) is 11.1. The number of ether oxygens (including phenoxy) is 1. The predicted molar refractivity (Wildman–Crippen MR) is 111 cm³/mol. The summed E-state index contributed by atoms with van der Waals surface area (Å²) >= 11 is 0. The molecule has 0 saturated carbocycles. The van der Waals surface area contributed by atoms with E-state index in [-0.39, 0.29) is 23.4 Å². The number of aliphatic hydroxyl groups is 1. The Bertz CT molecular complexity index is 1180. The van der Waals surface area contributed by atoms with E-state index in [1.54, 1.807) is 24.3 Å². The fourth-order valence-corrected chi connectivity index (χ4v) is 3.81. The summed E-state index contributed by atoms with van der Waals surface area (Å²) in [6, 6.07) is 13.4. The van der Waals surface area contributed by atoms with Crippen molar-refractivity contribution in [1.29, 1.82) is 0 Å². The number of carbonyl (C=O) groups is 2. The van der Waals surface area contributed by atoms with Crippen LogP contribution >= 0.6 is 0 Å². The van der Waals surface area contributed by atoms with Crippen molar-refractivity contribution in [2.75, 3.05) is 7.11 Å².